The van der Waals surface area contributed by atoms with Crippen molar-refractivity contribution in [3.63, 3.8) is 0 Å². The van der Waals surface area contributed by atoms with E-state index in [2.05, 4.69) is 40.0 Å². The molecule has 6 rings (SSSR count). The Morgan fingerprint density at radius 1 is 1.00 bits per heavy atom. The van der Waals surface area contributed by atoms with E-state index in [4.69, 9.17) is 10.1 Å². The van der Waals surface area contributed by atoms with Crippen LogP contribution in [0.25, 0.3) is 28.4 Å². The van der Waals surface area contributed by atoms with E-state index in [1.54, 1.807) is 12.1 Å². The second-order valence-electron chi connectivity index (χ2n) is 10.4. The number of H-pyrrole nitrogens is 1. The fourth-order valence-electron chi connectivity index (χ4n) is 5.83. The Labute approximate surface area is 228 Å². The smallest absolute Gasteiger partial charge is 0.154 e. The van der Waals surface area contributed by atoms with Crippen LogP contribution in [0, 0.1) is 5.82 Å². The largest absolute Gasteiger partial charge is 0.348 e. The van der Waals surface area contributed by atoms with Crippen molar-refractivity contribution in [2.75, 3.05) is 11.4 Å². The second kappa shape index (κ2) is 11.0. The van der Waals surface area contributed by atoms with Gasteiger partial charge in [-0.15, -0.1) is 5.10 Å². The molecule has 5 heterocycles. The van der Waals surface area contributed by atoms with E-state index >= 15 is 0 Å². The van der Waals surface area contributed by atoms with Crippen LogP contribution in [-0.2, 0) is 0 Å². The number of pyridine rings is 1. The Morgan fingerprint density at radius 3 is 2.64 bits per heavy atom. The number of hydrogen-bond acceptors (Lipinski definition) is 5. The highest BCUT2D eigenvalue weighted by molar-refractivity contribution is 5.65. The molecular formula is C31H34FN7. The zero-order chi connectivity index (χ0) is 26.8. The molecule has 0 saturated carbocycles. The maximum Gasteiger partial charge on any atom is 0.154 e. The molecule has 0 amide bonds. The molecule has 1 aromatic carbocycles. The SMILES string of the molecule is CCCC(CCC)c1cc(-c2cccc(-c3cnc4ccc(N5CCCC5c5cccc(F)c5)nn34)n2)[nH]n1. The number of nitrogens with zero attached hydrogens (tertiary/aromatic N) is 6. The van der Waals surface area contributed by atoms with Gasteiger partial charge in [0.1, 0.15) is 17.3 Å². The quantitative estimate of drug-likeness (QED) is 0.219. The van der Waals surface area contributed by atoms with Crippen LogP contribution in [0.15, 0.2) is 66.9 Å². The lowest BCUT2D eigenvalue weighted by Gasteiger charge is -2.26. The molecule has 1 aliphatic rings. The average molecular weight is 524 g/mol. The van der Waals surface area contributed by atoms with E-state index in [9.17, 15) is 4.39 Å². The molecular weight excluding hydrogens is 489 g/mol. The lowest BCUT2D eigenvalue weighted by molar-refractivity contribution is 0.547. The summed E-state index contributed by atoms with van der Waals surface area (Å²) in [6.07, 6.45) is 8.38. The normalized spacial score (nSPS) is 15.6. The van der Waals surface area contributed by atoms with Crippen molar-refractivity contribution in [1.29, 1.82) is 0 Å². The summed E-state index contributed by atoms with van der Waals surface area (Å²) in [6, 6.07) is 19.1. The van der Waals surface area contributed by atoms with Gasteiger partial charge < -0.3 is 4.90 Å². The van der Waals surface area contributed by atoms with Gasteiger partial charge in [-0.05, 0) is 73.7 Å². The van der Waals surface area contributed by atoms with Crippen LogP contribution in [-0.4, -0.2) is 36.3 Å². The van der Waals surface area contributed by atoms with Crippen molar-refractivity contribution < 1.29 is 4.39 Å². The van der Waals surface area contributed by atoms with Crippen LogP contribution < -0.4 is 4.90 Å². The van der Waals surface area contributed by atoms with Crippen LogP contribution in [0.4, 0.5) is 10.2 Å². The summed E-state index contributed by atoms with van der Waals surface area (Å²) in [5.41, 5.74) is 6.23. The molecule has 1 unspecified atom stereocenters. The minimum Gasteiger partial charge on any atom is -0.348 e. The van der Waals surface area contributed by atoms with E-state index < -0.39 is 0 Å². The first kappa shape index (κ1) is 25.2. The number of nitrogens with one attached hydrogen (secondary N) is 1. The third kappa shape index (κ3) is 5.03. The summed E-state index contributed by atoms with van der Waals surface area (Å²) in [7, 11) is 0. The highest BCUT2D eigenvalue weighted by atomic mass is 19.1. The first-order valence-electron chi connectivity index (χ1n) is 14.0. The fraction of sp³-hybridized carbons (Fsp3) is 0.355. The van der Waals surface area contributed by atoms with Crippen LogP contribution in [0.2, 0.25) is 0 Å². The summed E-state index contributed by atoms with van der Waals surface area (Å²) < 4.78 is 15.8. The molecule has 7 nitrogen and oxygen atoms in total. The molecule has 0 radical (unpaired) electrons. The standard InChI is InChI=1S/C31H34FN7/c1-3-8-21(9-4-2)26-19-27(36-35-26)24-12-6-13-25(34-24)29-20-33-30-15-16-31(37-39(29)30)38-17-7-14-28(38)22-10-5-11-23(32)18-22/h5-6,10-13,15-16,18-21,28H,3-4,7-9,14,17H2,1-2H3,(H,35,36). The summed E-state index contributed by atoms with van der Waals surface area (Å²) in [5, 5.41) is 12.8. The summed E-state index contributed by atoms with van der Waals surface area (Å²) in [5.74, 6) is 1.11. The van der Waals surface area contributed by atoms with Crippen molar-refractivity contribution in [1.82, 2.24) is 29.8 Å². The summed E-state index contributed by atoms with van der Waals surface area (Å²) >= 11 is 0. The van der Waals surface area contributed by atoms with Gasteiger partial charge >= 0.3 is 0 Å². The number of hydrogen-bond donors (Lipinski definition) is 1. The molecule has 0 aliphatic carbocycles. The number of halogens is 1. The predicted octanol–water partition coefficient (Wildman–Crippen LogP) is 7.35. The van der Waals surface area contributed by atoms with E-state index in [1.165, 1.54) is 6.07 Å². The molecule has 1 saturated heterocycles. The number of rotatable bonds is 9. The predicted molar refractivity (Wildman–Crippen MR) is 152 cm³/mol. The van der Waals surface area contributed by atoms with Crippen LogP contribution >= 0.6 is 0 Å². The molecule has 1 aliphatic heterocycles. The first-order chi connectivity index (χ1) is 19.1. The molecule has 4 aromatic heterocycles. The van der Waals surface area contributed by atoms with Crippen LogP contribution in [0.5, 0.6) is 0 Å². The van der Waals surface area contributed by atoms with E-state index in [0.29, 0.717) is 5.92 Å². The number of fused-ring (bicyclic) bond motifs is 1. The number of benzene rings is 1. The highest BCUT2D eigenvalue weighted by Crippen LogP contribution is 2.36. The molecule has 39 heavy (non-hydrogen) atoms. The van der Waals surface area contributed by atoms with E-state index in [0.717, 1.165) is 90.6 Å². The van der Waals surface area contributed by atoms with Gasteiger partial charge in [0.15, 0.2) is 5.65 Å². The van der Waals surface area contributed by atoms with Crippen molar-refractivity contribution in [2.45, 2.75) is 64.3 Å². The van der Waals surface area contributed by atoms with Gasteiger partial charge in [0.25, 0.3) is 0 Å². The molecule has 5 aromatic rings. The first-order valence-corrected chi connectivity index (χ1v) is 14.0. The summed E-state index contributed by atoms with van der Waals surface area (Å²) in [4.78, 5) is 11.8. The number of aromatic amines is 1. The Morgan fingerprint density at radius 2 is 1.82 bits per heavy atom. The van der Waals surface area contributed by atoms with E-state index in [-0.39, 0.29) is 11.9 Å². The molecule has 200 valence electrons. The lowest BCUT2D eigenvalue weighted by atomic mass is 9.94. The van der Waals surface area contributed by atoms with Crippen molar-refractivity contribution >= 4 is 11.5 Å². The zero-order valence-electron chi connectivity index (χ0n) is 22.5. The fourth-order valence-corrected chi connectivity index (χ4v) is 5.83. The van der Waals surface area contributed by atoms with Crippen LogP contribution in [0.1, 0.15) is 75.6 Å². The minimum atomic E-state index is -0.207. The average Bonchev–Trinajstić information content (AvgIpc) is 3.72. The van der Waals surface area contributed by atoms with E-state index in [1.807, 2.05) is 47.1 Å². The molecule has 0 spiro atoms. The zero-order valence-corrected chi connectivity index (χ0v) is 22.5. The monoisotopic (exact) mass is 523 g/mol. The maximum absolute atomic E-state index is 14.0. The Hall–Kier alpha value is -4.07. The summed E-state index contributed by atoms with van der Waals surface area (Å²) in [6.45, 7) is 5.32. The van der Waals surface area contributed by atoms with Gasteiger partial charge in [-0.1, -0.05) is 44.9 Å². The number of anilines is 1. The van der Waals surface area contributed by atoms with Gasteiger partial charge in [0.05, 0.1) is 35.0 Å². The Kier molecular flexibility index (Phi) is 7.09. The topological polar surface area (TPSA) is 75.0 Å². The van der Waals surface area contributed by atoms with Crippen molar-refractivity contribution in [3.05, 3.63) is 83.9 Å². The number of aromatic nitrogens is 6. The van der Waals surface area contributed by atoms with Gasteiger partial charge in [-0.2, -0.15) is 5.10 Å². The number of imidazole rings is 1. The Bertz CT molecular complexity index is 1570. The highest BCUT2D eigenvalue weighted by Gasteiger charge is 2.28. The van der Waals surface area contributed by atoms with Crippen molar-refractivity contribution in [2.24, 2.45) is 0 Å². The molecule has 1 N–H and O–H groups in total. The maximum atomic E-state index is 14.0. The molecule has 8 heteroatoms. The minimum absolute atomic E-state index is 0.0953. The second-order valence-corrected chi connectivity index (χ2v) is 10.4. The van der Waals surface area contributed by atoms with Crippen molar-refractivity contribution in [3.8, 4) is 22.8 Å². The van der Waals surface area contributed by atoms with Gasteiger partial charge in [-0.25, -0.2) is 18.9 Å². The van der Waals surface area contributed by atoms with Crippen LogP contribution in [0.3, 0.4) is 0 Å². The Balaban J connectivity index is 1.32. The lowest BCUT2D eigenvalue weighted by Crippen LogP contribution is -2.24. The third-order valence-corrected chi connectivity index (χ3v) is 7.71. The molecule has 0 bridgehead atoms. The molecule has 1 atom stereocenters. The van der Waals surface area contributed by atoms with Gasteiger partial charge in [0, 0.05) is 12.5 Å². The van der Waals surface area contributed by atoms with Gasteiger partial charge in [-0.3, -0.25) is 5.10 Å². The third-order valence-electron chi connectivity index (χ3n) is 7.71. The molecule has 1 fully saturated rings. The van der Waals surface area contributed by atoms with Gasteiger partial charge in [0.2, 0.25) is 0 Å².